The van der Waals surface area contributed by atoms with E-state index in [2.05, 4.69) is 0 Å². The lowest BCUT2D eigenvalue weighted by atomic mass is 9.73. The van der Waals surface area contributed by atoms with Crippen molar-refractivity contribution in [3.63, 3.8) is 0 Å². The van der Waals surface area contributed by atoms with E-state index in [4.69, 9.17) is 10.0 Å². The van der Waals surface area contributed by atoms with Crippen LogP contribution in [0.15, 0.2) is 0 Å². The van der Waals surface area contributed by atoms with Gasteiger partial charge in [-0.25, -0.2) is 0 Å². The zero-order valence-corrected chi connectivity index (χ0v) is 4.76. The van der Waals surface area contributed by atoms with E-state index < -0.39 is 7.12 Å². The van der Waals surface area contributed by atoms with Gasteiger partial charge in [0.1, 0.15) is 0 Å². The predicted molar refractivity (Wildman–Crippen MR) is 36.6 cm³/mol. The van der Waals surface area contributed by atoms with Crippen molar-refractivity contribution in [2.75, 3.05) is 0 Å². The molecule has 0 aromatic heterocycles. The Morgan fingerprint density at radius 2 is 1.88 bits per heavy atom. The molecule has 50 valence electrons. The van der Waals surface area contributed by atoms with Gasteiger partial charge in [0.25, 0.3) is 0 Å². The third kappa shape index (κ3) is 4.15. The molecule has 0 saturated carbocycles. The van der Waals surface area contributed by atoms with Gasteiger partial charge in [-0.1, -0.05) is 27.7 Å². The lowest BCUT2D eigenvalue weighted by Crippen LogP contribution is -2.16. The molecule has 0 bridgehead atoms. The maximum atomic E-state index is 8.38. The molecule has 0 radical (unpaired) electrons. The predicted octanol–water partition coefficient (Wildman–Crippen LogP) is 0.895. The Labute approximate surface area is 51.7 Å². The highest BCUT2D eigenvalue weighted by atomic mass is 16.4. The molecule has 3 heteroatoms. The molecule has 1 atom stereocenters. The van der Waals surface area contributed by atoms with E-state index in [0.29, 0.717) is 0 Å². The van der Waals surface area contributed by atoms with Gasteiger partial charge in [-0.15, -0.1) is 0 Å². The van der Waals surface area contributed by atoms with Gasteiger partial charge in [0, 0.05) is 0 Å². The van der Waals surface area contributed by atoms with Crippen molar-refractivity contribution in [2.24, 2.45) is 0 Å². The minimum atomic E-state index is -1.13. The highest BCUT2D eigenvalue weighted by Crippen LogP contribution is 2.07. The van der Waals surface area contributed by atoms with Crippen molar-refractivity contribution in [1.29, 1.82) is 0 Å². The van der Waals surface area contributed by atoms with Crippen LogP contribution in [0.25, 0.3) is 0 Å². The minimum absolute atomic E-state index is 0. The van der Waals surface area contributed by atoms with Gasteiger partial charge in [0.2, 0.25) is 0 Å². The highest BCUT2D eigenvalue weighted by molar-refractivity contribution is 6.42. The summed E-state index contributed by atoms with van der Waals surface area (Å²) in [5.74, 6) is 0.0139. The molecule has 2 nitrogen and oxygen atoms in total. The smallest absolute Gasteiger partial charge is 0.427 e. The summed E-state index contributed by atoms with van der Waals surface area (Å²) >= 11 is 0. The molecule has 0 saturated heterocycles. The van der Waals surface area contributed by atoms with E-state index >= 15 is 0 Å². The fourth-order valence-electron chi connectivity index (χ4n) is 0.211. The van der Waals surface area contributed by atoms with Gasteiger partial charge in [-0.05, 0) is 5.82 Å². The molecule has 1 unspecified atom stereocenters. The highest BCUT2D eigenvalue weighted by Gasteiger charge is 2.14. The standard InChI is InChI=1S/C4H11BO2.CH4/c1-3-4(2)5(6)7;/h4,6-7H,3H2,1-2H3;1H4. The lowest BCUT2D eigenvalue weighted by molar-refractivity contribution is 0.386. The van der Waals surface area contributed by atoms with Gasteiger partial charge >= 0.3 is 7.12 Å². The first-order chi connectivity index (χ1) is 3.18. The fraction of sp³-hybridized carbons (Fsp3) is 1.00. The van der Waals surface area contributed by atoms with Crippen LogP contribution in [0.5, 0.6) is 0 Å². The quantitative estimate of drug-likeness (QED) is 0.528. The monoisotopic (exact) mass is 118 g/mol. The number of hydrogen-bond donors (Lipinski definition) is 2. The molecule has 0 amide bonds. The first-order valence-corrected chi connectivity index (χ1v) is 2.54. The molecule has 0 aliphatic rings. The average molecular weight is 118 g/mol. The van der Waals surface area contributed by atoms with E-state index in [1.807, 2.05) is 6.92 Å². The SMILES string of the molecule is C.CCC(C)B(O)O. The van der Waals surface area contributed by atoms with Crippen LogP contribution in [0.1, 0.15) is 27.7 Å². The minimum Gasteiger partial charge on any atom is -0.427 e. The van der Waals surface area contributed by atoms with Gasteiger partial charge in [0.15, 0.2) is 0 Å². The summed E-state index contributed by atoms with van der Waals surface area (Å²) in [5.41, 5.74) is 0. The van der Waals surface area contributed by atoms with Crippen molar-refractivity contribution in [1.82, 2.24) is 0 Å². The van der Waals surface area contributed by atoms with Crippen molar-refractivity contribution >= 4 is 7.12 Å². The summed E-state index contributed by atoms with van der Waals surface area (Å²) in [5, 5.41) is 16.8. The Morgan fingerprint density at radius 1 is 1.50 bits per heavy atom. The molecule has 0 aromatic rings. The Hall–Kier alpha value is -0.0151. The molecule has 0 aliphatic carbocycles. The summed E-state index contributed by atoms with van der Waals surface area (Å²) in [6.07, 6.45) is 0.817. The van der Waals surface area contributed by atoms with Crippen molar-refractivity contribution in [2.45, 2.75) is 33.5 Å². The maximum Gasteiger partial charge on any atom is 0.454 e. The summed E-state index contributed by atoms with van der Waals surface area (Å²) in [7, 11) is -1.13. The Bertz CT molecular complexity index is 47.7. The molecule has 0 spiro atoms. The van der Waals surface area contributed by atoms with Gasteiger partial charge in [0.05, 0.1) is 0 Å². The zero-order valence-electron chi connectivity index (χ0n) is 4.76. The van der Waals surface area contributed by atoms with Crippen LogP contribution in [0.3, 0.4) is 0 Å². The van der Waals surface area contributed by atoms with Crippen molar-refractivity contribution < 1.29 is 10.0 Å². The van der Waals surface area contributed by atoms with E-state index in [0.717, 1.165) is 6.42 Å². The van der Waals surface area contributed by atoms with E-state index in [9.17, 15) is 0 Å². The van der Waals surface area contributed by atoms with Crippen LogP contribution in [0, 0.1) is 0 Å². The third-order valence-corrected chi connectivity index (χ3v) is 1.15. The van der Waals surface area contributed by atoms with E-state index in [1.54, 1.807) is 6.92 Å². The van der Waals surface area contributed by atoms with Crippen LogP contribution in [0.2, 0.25) is 5.82 Å². The molecule has 0 fully saturated rings. The largest absolute Gasteiger partial charge is 0.454 e. The molecule has 0 rings (SSSR count). The summed E-state index contributed by atoms with van der Waals surface area (Å²) in [4.78, 5) is 0. The first-order valence-electron chi connectivity index (χ1n) is 2.54. The lowest BCUT2D eigenvalue weighted by Gasteiger charge is -2.02. The van der Waals surface area contributed by atoms with Crippen LogP contribution in [-0.4, -0.2) is 17.2 Å². The van der Waals surface area contributed by atoms with Crippen LogP contribution >= 0.6 is 0 Å². The maximum absolute atomic E-state index is 8.38. The second-order valence-electron chi connectivity index (χ2n) is 1.80. The number of rotatable bonds is 2. The van der Waals surface area contributed by atoms with Crippen molar-refractivity contribution in [3.05, 3.63) is 0 Å². The molecule has 2 N–H and O–H groups in total. The van der Waals surface area contributed by atoms with Crippen LogP contribution in [-0.2, 0) is 0 Å². The molecular formula is C5H15BO2. The molecule has 0 aliphatic heterocycles. The molecular weight excluding hydrogens is 103 g/mol. The summed E-state index contributed by atoms with van der Waals surface area (Å²) < 4.78 is 0. The summed E-state index contributed by atoms with van der Waals surface area (Å²) in [6, 6.07) is 0. The third-order valence-electron chi connectivity index (χ3n) is 1.15. The van der Waals surface area contributed by atoms with Crippen LogP contribution in [0.4, 0.5) is 0 Å². The Balaban J connectivity index is 0. The van der Waals surface area contributed by atoms with Gasteiger partial charge in [-0.2, -0.15) is 0 Å². The average Bonchev–Trinajstić information content (AvgIpc) is 1.65. The molecule has 0 aromatic carbocycles. The van der Waals surface area contributed by atoms with Gasteiger partial charge in [-0.3, -0.25) is 0 Å². The Kier molecular flexibility index (Phi) is 6.97. The molecule has 8 heavy (non-hydrogen) atoms. The van der Waals surface area contributed by atoms with E-state index in [1.165, 1.54) is 0 Å². The molecule has 0 heterocycles. The topological polar surface area (TPSA) is 40.5 Å². The second-order valence-corrected chi connectivity index (χ2v) is 1.80. The van der Waals surface area contributed by atoms with Gasteiger partial charge < -0.3 is 10.0 Å². The second kappa shape index (κ2) is 5.13. The van der Waals surface area contributed by atoms with Crippen molar-refractivity contribution in [3.8, 4) is 0 Å². The summed E-state index contributed by atoms with van der Waals surface area (Å²) in [6.45, 7) is 3.72. The number of hydrogen-bond acceptors (Lipinski definition) is 2. The zero-order chi connectivity index (χ0) is 5.86. The normalized spacial score (nSPS) is 12.0. The fourth-order valence-corrected chi connectivity index (χ4v) is 0.211. The van der Waals surface area contributed by atoms with E-state index in [-0.39, 0.29) is 13.2 Å². The van der Waals surface area contributed by atoms with Crippen LogP contribution < -0.4 is 0 Å². The first kappa shape index (κ1) is 10.9. The Morgan fingerprint density at radius 3 is 1.88 bits per heavy atom.